The van der Waals surface area contributed by atoms with Crippen LogP contribution in [0, 0.1) is 5.41 Å². The number of amides is 1. The molecule has 2 spiro atoms. The molecule has 1 aromatic heterocycles. The number of aromatic nitrogens is 1. The molecule has 146 valence electrons. The Balaban J connectivity index is 1.49. The van der Waals surface area contributed by atoms with Gasteiger partial charge in [0.25, 0.3) is 0 Å². The van der Waals surface area contributed by atoms with E-state index in [-0.39, 0.29) is 11.3 Å². The molecule has 0 saturated heterocycles. The number of nitrogens with zero attached hydrogens (tertiary/aromatic N) is 2. The van der Waals surface area contributed by atoms with E-state index >= 15 is 0 Å². The van der Waals surface area contributed by atoms with Crippen molar-refractivity contribution < 1.29 is 14.3 Å². The summed E-state index contributed by atoms with van der Waals surface area (Å²) in [5.74, 6) is 0.516. The van der Waals surface area contributed by atoms with Crippen LogP contribution in [-0.2, 0) is 19.7 Å². The highest BCUT2D eigenvalue weighted by atomic mass is 28.3. The lowest BCUT2D eigenvalue weighted by Crippen LogP contribution is -2.56. The highest BCUT2D eigenvalue weighted by Gasteiger charge is 2.65. The molecule has 1 aromatic rings. The first-order valence-corrected chi connectivity index (χ1v) is 13.8. The largest absolute Gasteiger partial charge is 0.361 e. The first kappa shape index (κ1) is 18.8. The lowest BCUT2D eigenvalue weighted by atomic mass is 9.47. The van der Waals surface area contributed by atoms with Gasteiger partial charge in [-0.1, -0.05) is 19.6 Å². The summed E-state index contributed by atoms with van der Waals surface area (Å²) in [5.41, 5.74) is 1.51. The van der Waals surface area contributed by atoms with Gasteiger partial charge < -0.3 is 4.74 Å². The van der Waals surface area contributed by atoms with Gasteiger partial charge in [-0.2, -0.15) is 0 Å². The van der Waals surface area contributed by atoms with Crippen LogP contribution in [0.1, 0.15) is 44.2 Å². The predicted molar refractivity (Wildman–Crippen MR) is 108 cm³/mol. The van der Waals surface area contributed by atoms with Gasteiger partial charge in [0.2, 0.25) is 5.91 Å². The summed E-state index contributed by atoms with van der Waals surface area (Å²) >= 11 is 0. The van der Waals surface area contributed by atoms with Gasteiger partial charge in [-0.15, -0.1) is 0 Å². The van der Waals surface area contributed by atoms with Crippen LogP contribution in [0.5, 0.6) is 0 Å². The molecule has 2 aliphatic carbocycles. The Labute approximate surface area is 162 Å². The quantitative estimate of drug-likeness (QED) is 0.569. The number of hydrogen-bond acceptors (Lipinski definition) is 4. The zero-order chi connectivity index (χ0) is 19.3. The number of Topliss-reactive ketones (excluding diaryl/α,β-unsaturated/α-hetero) is 1. The Morgan fingerprint density at radius 3 is 2.56 bits per heavy atom. The minimum atomic E-state index is -1.15. The normalized spacial score (nSPS) is 23.0. The van der Waals surface area contributed by atoms with Crippen molar-refractivity contribution in [1.29, 1.82) is 0 Å². The van der Waals surface area contributed by atoms with E-state index in [1.54, 1.807) is 11.1 Å². The molecular weight excluding hydrogens is 356 g/mol. The van der Waals surface area contributed by atoms with E-state index < -0.39 is 13.5 Å². The second kappa shape index (κ2) is 6.52. The first-order chi connectivity index (χ1) is 12.7. The molecule has 2 heterocycles. The Kier molecular flexibility index (Phi) is 4.54. The summed E-state index contributed by atoms with van der Waals surface area (Å²) in [6.45, 7) is 8.00. The van der Waals surface area contributed by atoms with Crippen molar-refractivity contribution in [2.45, 2.75) is 69.6 Å². The van der Waals surface area contributed by atoms with Crippen LogP contribution in [0.15, 0.2) is 18.3 Å². The van der Waals surface area contributed by atoms with Gasteiger partial charge in [0.1, 0.15) is 12.5 Å². The fourth-order valence-corrected chi connectivity index (χ4v) is 5.83. The fourth-order valence-electron chi connectivity index (χ4n) is 5.07. The summed E-state index contributed by atoms with van der Waals surface area (Å²) in [6.07, 6.45) is 6.65. The van der Waals surface area contributed by atoms with Crippen LogP contribution in [0.4, 0.5) is 5.69 Å². The van der Waals surface area contributed by atoms with Gasteiger partial charge >= 0.3 is 0 Å². The third-order valence-corrected chi connectivity index (χ3v) is 8.33. The summed E-state index contributed by atoms with van der Waals surface area (Å²) < 4.78 is 5.90. The summed E-state index contributed by atoms with van der Waals surface area (Å²) in [4.78, 5) is 31.4. The Morgan fingerprint density at radius 2 is 1.89 bits per heavy atom. The Morgan fingerprint density at radius 1 is 1.19 bits per heavy atom. The molecule has 0 atom stereocenters. The van der Waals surface area contributed by atoms with Crippen molar-refractivity contribution in [2.24, 2.45) is 5.41 Å². The average Bonchev–Trinajstić information content (AvgIpc) is 2.82. The van der Waals surface area contributed by atoms with E-state index in [9.17, 15) is 9.59 Å². The maximum atomic E-state index is 13.4. The molecule has 1 aliphatic heterocycles. The van der Waals surface area contributed by atoms with Gasteiger partial charge in [0, 0.05) is 33.7 Å². The molecule has 1 amide bonds. The monoisotopic (exact) mass is 386 g/mol. The number of pyridine rings is 1. The molecule has 2 fully saturated rings. The highest BCUT2D eigenvalue weighted by Crippen LogP contribution is 2.65. The van der Waals surface area contributed by atoms with Crippen molar-refractivity contribution in [2.75, 3.05) is 18.2 Å². The van der Waals surface area contributed by atoms with Crippen molar-refractivity contribution in [3.8, 4) is 0 Å². The first-order valence-electron chi connectivity index (χ1n) is 10.1. The SMILES string of the molecule is C[Si](C)(C)CCOCN1C(=O)C2(CC3(CCC(=O)CC3)C2)c2ncccc21. The van der Waals surface area contributed by atoms with E-state index in [4.69, 9.17) is 4.74 Å². The number of hydrogen-bond donors (Lipinski definition) is 0. The van der Waals surface area contributed by atoms with Crippen LogP contribution in [-0.4, -0.2) is 38.1 Å². The number of fused-ring (bicyclic) bond motifs is 2. The summed E-state index contributed by atoms with van der Waals surface area (Å²) in [5, 5.41) is 0. The van der Waals surface area contributed by atoms with Crippen LogP contribution >= 0.6 is 0 Å². The Bertz CT molecular complexity index is 753. The molecule has 0 bridgehead atoms. The van der Waals surface area contributed by atoms with E-state index in [1.165, 1.54) is 0 Å². The average molecular weight is 387 g/mol. The van der Waals surface area contributed by atoms with E-state index in [2.05, 4.69) is 24.6 Å². The third-order valence-electron chi connectivity index (χ3n) is 6.62. The third kappa shape index (κ3) is 3.27. The molecule has 4 rings (SSSR count). The number of rotatable bonds is 5. The number of carbonyl (C=O) groups is 2. The fraction of sp³-hybridized carbons (Fsp3) is 0.667. The van der Waals surface area contributed by atoms with Gasteiger partial charge in [0.05, 0.1) is 16.8 Å². The molecular formula is C21H30N2O3Si. The van der Waals surface area contributed by atoms with Gasteiger partial charge in [-0.3, -0.25) is 19.5 Å². The summed E-state index contributed by atoms with van der Waals surface area (Å²) in [7, 11) is -1.15. The maximum Gasteiger partial charge on any atom is 0.241 e. The minimum Gasteiger partial charge on any atom is -0.361 e. The molecule has 0 unspecified atom stereocenters. The highest BCUT2D eigenvalue weighted by molar-refractivity contribution is 6.76. The van der Waals surface area contributed by atoms with Gasteiger partial charge in [0.15, 0.2) is 0 Å². The van der Waals surface area contributed by atoms with Crippen molar-refractivity contribution in [3.05, 3.63) is 24.0 Å². The Hall–Kier alpha value is -1.53. The molecule has 6 heteroatoms. The number of carbonyl (C=O) groups excluding carboxylic acids is 2. The lowest BCUT2D eigenvalue weighted by molar-refractivity contribution is -0.138. The second-order valence-electron chi connectivity index (χ2n) is 9.93. The predicted octanol–water partition coefficient (Wildman–Crippen LogP) is 3.90. The summed E-state index contributed by atoms with van der Waals surface area (Å²) in [6, 6.07) is 4.98. The zero-order valence-electron chi connectivity index (χ0n) is 16.7. The van der Waals surface area contributed by atoms with Crippen molar-refractivity contribution >= 4 is 25.5 Å². The molecule has 3 aliphatic rings. The molecule has 0 aromatic carbocycles. The number of ketones is 1. The maximum absolute atomic E-state index is 13.4. The number of ether oxygens (including phenoxy) is 1. The van der Waals surface area contributed by atoms with Crippen molar-refractivity contribution in [1.82, 2.24) is 4.98 Å². The smallest absolute Gasteiger partial charge is 0.241 e. The lowest BCUT2D eigenvalue weighted by Gasteiger charge is -2.55. The topological polar surface area (TPSA) is 59.5 Å². The van der Waals surface area contributed by atoms with Crippen LogP contribution in [0.2, 0.25) is 25.7 Å². The molecule has 2 saturated carbocycles. The van der Waals surface area contributed by atoms with Crippen molar-refractivity contribution in [3.63, 3.8) is 0 Å². The molecule has 27 heavy (non-hydrogen) atoms. The van der Waals surface area contributed by atoms with Gasteiger partial charge in [-0.25, -0.2) is 0 Å². The molecule has 0 radical (unpaired) electrons. The van der Waals surface area contributed by atoms with E-state index in [1.807, 2.05) is 12.1 Å². The second-order valence-corrected chi connectivity index (χ2v) is 15.5. The van der Waals surface area contributed by atoms with E-state index in [0.717, 1.165) is 43.1 Å². The zero-order valence-corrected chi connectivity index (χ0v) is 17.7. The van der Waals surface area contributed by atoms with Crippen LogP contribution < -0.4 is 4.90 Å². The van der Waals surface area contributed by atoms with Crippen LogP contribution in [0.3, 0.4) is 0 Å². The van der Waals surface area contributed by atoms with E-state index in [0.29, 0.717) is 32.0 Å². The molecule has 5 nitrogen and oxygen atoms in total. The van der Waals surface area contributed by atoms with Gasteiger partial charge in [-0.05, 0) is 49.3 Å². The van der Waals surface area contributed by atoms with Crippen LogP contribution in [0.25, 0.3) is 0 Å². The molecule has 0 N–H and O–H groups in total. The standard InChI is InChI=1S/C21H30N2O3Si/c1-27(2,3)12-11-26-15-23-17-5-4-10-22-18(17)21(19(23)25)13-20(14-21)8-6-16(24)7-9-20/h4-5,10H,6-9,11-15H2,1-3H3. The number of anilines is 1. The minimum absolute atomic E-state index is 0.145.